The normalized spacial score (nSPS) is 12.6. The number of carbonyl (C=O) groups is 1. The molecule has 4 aromatic rings. The van der Waals surface area contributed by atoms with Crippen molar-refractivity contribution in [3.8, 4) is 0 Å². The predicted molar refractivity (Wildman–Crippen MR) is 108 cm³/mol. The number of aryl methyl sites for hydroxylation is 1. The van der Waals surface area contributed by atoms with Gasteiger partial charge in [0.25, 0.3) is 5.91 Å². The van der Waals surface area contributed by atoms with E-state index in [1.54, 1.807) is 0 Å². The number of benzene rings is 2. The lowest BCUT2D eigenvalue weighted by Gasteiger charge is -2.21. The summed E-state index contributed by atoms with van der Waals surface area (Å²) in [5, 5.41) is 4.02. The Hall–Kier alpha value is -3.21. The molecule has 2 heterocycles. The van der Waals surface area contributed by atoms with Crippen LogP contribution in [0.15, 0.2) is 54.6 Å². The fourth-order valence-electron chi connectivity index (χ4n) is 3.39. The minimum atomic E-state index is -0.211. The van der Waals surface area contributed by atoms with Crippen LogP contribution >= 0.6 is 0 Å². The number of carbonyl (C=O) groups excluding carboxylic acids is 1. The number of hydrogen-bond acceptors (Lipinski definition) is 3. The van der Waals surface area contributed by atoms with Crippen LogP contribution in [0.4, 0.5) is 0 Å². The van der Waals surface area contributed by atoms with Gasteiger partial charge in [-0.1, -0.05) is 44.2 Å². The third-order valence-electron chi connectivity index (χ3n) is 4.74. The summed E-state index contributed by atoms with van der Waals surface area (Å²) in [4.78, 5) is 25.7. The molecule has 0 aliphatic rings. The number of aromatic nitrogens is 3. The Balaban J connectivity index is 1.71. The van der Waals surface area contributed by atoms with E-state index in [2.05, 4.69) is 34.1 Å². The van der Waals surface area contributed by atoms with Gasteiger partial charge in [-0.05, 0) is 37.1 Å². The molecular weight excluding hydrogens is 336 g/mol. The Morgan fingerprint density at radius 1 is 1.00 bits per heavy atom. The van der Waals surface area contributed by atoms with Gasteiger partial charge >= 0.3 is 0 Å². The van der Waals surface area contributed by atoms with Crippen LogP contribution in [0.5, 0.6) is 0 Å². The van der Waals surface area contributed by atoms with Crippen molar-refractivity contribution in [1.29, 1.82) is 0 Å². The highest BCUT2D eigenvalue weighted by Gasteiger charge is 2.23. The molecule has 1 amide bonds. The van der Waals surface area contributed by atoms with Crippen LogP contribution in [-0.2, 0) is 0 Å². The van der Waals surface area contributed by atoms with Crippen molar-refractivity contribution >= 4 is 27.8 Å². The van der Waals surface area contributed by atoms with Gasteiger partial charge in [-0.15, -0.1) is 0 Å². The van der Waals surface area contributed by atoms with Crippen molar-refractivity contribution in [2.45, 2.75) is 26.8 Å². The molecule has 2 N–H and O–H groups in total. The Kier molecular flexibility index (Phi) is 4.36. The number of aromatic amines is 1. The number of nitrogens with zero attached hydrogens (tertiary/aromatic N) is 2. The zero-order valence-electron chi connectivity index (χ0n) is 15.7. The van der Waals surface area contributed by atoms with Crippen LogP contribution < -0.4 is 5.32 Å². The third-order valence-corrected chi connectivity index (χ3v) is 4.74. The summed E-state index contributed by atoms with van der Waals surface area (Å²) in [6, 6.07) is 17.2. The number of pyridine rings is 1. The highest BCUT2D eigenvalue weighted by Crippen LogP contribution is 2.24. The summed E-state index contributed by atoms with van der Waals surface area (Å²) < 4.78 is 0. The van der Waals surface area contributed by atoms with Crippen LogP contribution in [0.3, 0.4) is 0 Å². The Bertz CT molecular complexity index is 1100. The van der Waals surface area contributed by atoms with E-state index in [0.717, 1.165) is 33.5 Å². The highest BCUT2D eigenvalue weighted by atomic mass is 16.1. The lowest BCUT2D eigenvalue weighted by Crippen LogP contribution is -2.32. The summed E-state index contributed by atoms with van der Waals surface area (Å²) in [5.74, 6) is 0.842. The molecule has 2 aromatic heterocycles. The number of H-pyrrole nitrogens is 1. The van der Waals surface area contributed by atoms with Gasteiger partial charge in [0.05, 0.1) is 28.2 Å². The van der Waals surface area contributed by atoms with Gasteiger partial charge in [0.1, 0.15) is 5.82 Å². The van der Waals surface area contributed by atoms with Gasteiger partial charge in [0.2, 0.25) is 0 Å². The molecule has 5 heteroatoms. The van der Waals surface area contributed by atoms with E-state index in [-0.39, 0.29) is 17.9 Å². The standard InChI is InChI=1S/C22H22N4O/c1-13(2)20(21-24-18-10-6-7-11-19(18)25-21)26-22(27)16-12-14(3)23-17-9-5-4-8-15(16)17/h4-13,20H,1-3H3,(H,24,25)(H,26,27). The molecule has 0 fully saturated rings. The molecule has 2 aromatic carbocycles. The largest absolute Gasteiger partial charge is 0.342 e. The predicted octanol–water partition coefficient (Wildman–Crippen LogP) is 4.55. The molecule has 136 valence electrons. The van der Waals surface area contributed by atoms with Gasteiger partial charge < -0.3 is 10.3 Å². The van der Waals surface area contributed by atoms with Gasteiger partial charge in [0.15, 0.2) is 0 Å². The van der Waals surface area contributed by atoms with E-state index >= 15 is 0 Å². The van der Waals surface area contributed by atoms with Crippen LogP contribution in [0.1, 0.15) is 41.8 Å². The van der Waals surface area contributed by atoms with Crippen molar-refractivity contribution in [2.75, 3.05) is 0 Å². The maximum atomic E-state index is 13.1. The number of para-hydroxylation sites is 3. The maximum Gasteiger partial charge on any atom is 0.252 e. The molecular formula is C22H22N4O. The molecule has 0 aliphatic heterocycles. The molecule has 4 rings (SSSR count). The molecule has 1 unspecified atom stereocenters. The molecule has 0 aliphatic carbocycles. The number of fused-ring (bicyclic) bond motifs is 2. The average molecular weight is 358 g/mol. The fourth-order valence-corrected chi connectivity index (χ4v) is 3.39. The topological polar surface area (TPSA) is 70.7 Å². The second-order valence-corrected chi connectivity index (χ2v) is 7.16. The van der Waals surface area contributed by atoms with Crippen LogP contribution in [-0.4, -0.2) is 20.9 Å². The highest BCUT2D eigenvalue weighted by molar-refractivity contribution is 6.06. The number of nitrogens with one attached hydrogen (secondary N) is 2. The molecule has 27 heavy (non-hydrogen) atoms. The van der Waals surface area contributed by atoms with Gasteiger partial charge in [-0.2, -0.15) is 0 Å². The molecule has 0 radical (unpaired) electrons. The molecule has 0 bridgehead atoms. The fraction of sp³-hybridized carbons (Fsp3) is 0.227. The summed E-state index contributed by atoms with van der Waals surface area (Å²) in [6.07, 6.45) is 0. The minimum absolute atomic E-state index is 0.115. The van der Waals surface area contributed by atoms with E-state index in [1.807, 2.05) is 61.5 Å². The Morgan fingerprint density at radius 3 is 2.44 bits per heavy atom. The van der Waals surface area contributed by atoms with E-state index in [9.17, 15) is 4.79 Å². The zero-order valence-corrected chi connectivity index (χ0v) is 15.7. The SMILES string of the molecule is Cc1cc(C(=O)NC(c2nc3ccccc3[nH]2)C(C)C)c2ccccc2n1. The van der Waals surface area contributed by atoms with Crippen molar-refractivity contribution in [3.05, 3.63) is 71.7 Å². The monoisotopic (exact) mass is 358 g/mol. The first-order valence-corrected chi connectivity index (χ1v) is 9.15. The van der Waals surface area contributed by atoms with Crippen LogP contribution in [0.2, 0.25) is 0 Å². The summed E-state index contributed by atoms with van der Waals surface area (Å²) in [7, 11) is 0. The van der Waals surface area contributed by atoms with E-state index in [1.165, 1.54) is 0 Å². The summed E-state index contributed by atoms with van der Waals surface area (Å²) in [6.45, 7) is 6.06. The molecule has 0 saturated carbocycles. The van der Waals surface area contributed by atoms with E-state index in [4.69, 9.17) is 0 Å². The van der Waals surface area contributed by atoms with Crippen molar-refractivity contribution in [3.63, 3.8) is 0 Å². The number of amides is 1. The first-order chi connectivity index (χ1) is 13.0. The van der Waals surface area contributed by atoms with Crippen molar-refractivity contribution < 1.29 is 4.79 Å². The lowest BCUT2D eigenvalue weighted by molar-refractivity contribution is 0.0925. The summed E-state index contributed by atoms with van der Waals surface area (Å²) in [5.41, 5.74) is 4.16. The van der Waals surface area contributed by atoms with E-state index < -0.39 is 0 Å². The Morgan fingerprint density at radius 2 is 1.70 bits per heavy atom. The first-order valence-electron chi connectivity index (χ1n) is 9.15. The zero-order chi connectivity index (χ0) is 19.0. The Labute approximate surface area is 157 Å². The average Bonchev–Trinajstić information content (AvgIpc) is 3.08. The molecule has 0 saturated heterocycles. The van der Waals surface area contributed by atoms with Gasteiger partial charge in [-0.25, -0.2) is 4.98 Å². The molecule has 0 spiro atoms. The van der Waals surface area contributed by atoms with Gasteiger partial charge in [0, 0.05) is 11.1 Å². The molecule has 1 atom stereocenters. The first kappa shape index (κ1) is 17.2. The quantitative estimate of drug-likeness (QED) is 0.562. The maximum absolute atomic E-state index is 13.1. The third kappa shape index (κ3) is 3.28. The number of imidazole rings is 1. The lowest BCUT2D eigenvalue weighted by atomic mass is 10.0. The molecule has 5 nitrogen and oxygen atoms in total. The van der Waals surface area contributed by atoms with Crippen molar-refractivity contribution in [2.24, 2.45) is 5.92 Å². The van der Waals surface area contributed by atoms with Crippen LogP contribution in [0, 0.1) is 12.8 Å². The summed E-state index contributed by atoms with van der Waals surface area (Å²) >= 11 is 0. The smallest absolute Gasteiger partial charge is 0.252 e. The van der Waals surface area contributed by atoms with Crippen molar-refractivity contribution in [1.82, 2.24) is 20.3 Å². The number of hydrogen-bond donors (Lipinski definition) is 2. The second-order valence-electron chi connectivity index (χ2n) is 7.16. The minimum Gasteiger partial charge on any atom is -0.342 e. The second kappa shape index (κ2) is 6.83. The number of rotatable bonds is 4. The van der Waals surface area contributed by atoms with E-state index in [0.29, 0.717) is 5.56 Å². The van der Waals surface area contributed by atoms with Gasteiger partial charge in [-0.3, -0.25) is 9.78 Å². The van der Waals surface area contributed by atoms with Crippen LogP contribution in [0.25, 0.3) is 21.9 Å².